The molecule has 1 aliphatic rings. The third-order valence-electron chi connectivity index (χ3n) is 5.79. The second-order valence-corrected chi connectivity index (χ2v) is 9.47. The predicted octanol–water partition coefficient (Wildman–Crippen LogP) is 1.36. The van der Waals surface area contributed by atoms with Crippen molar-refractivity contribution in [1.29, 1.82) is 0 Å². The van der Waals surface area contributed by atoms with E-state index >= 15 is 0 Å². The molecule has 4 amide bonds. The number of likely N-dealkylation sites (N-methyl/N-ethyl adjacent to an activating group) is 1. The molecular formula is C22H31F2N5O5. The molecule has 1 saturated heterocycles. The third kappa shape index (κ3) is 5.99. The van der Waals surface area contributed by atoms with Crippen molar-refractivity contribution in [3.05, 3.63) is 29.8 Å². The number of rotatable bonds is 6. The predicted molar refractivity (Wildman–Crippen MR) is 120 cm³/mol. The quantitative estimate of drug-likeness (QED) is 0.481. The van der Waals surface area contributed by atoms with E-state index in [1.165, 1.54) is 18.9 Å². The number of amides is 4. The van der Waals surface area contributed by atoms with Gasteiger partial charge in [0, 0.05) is 19.6 Å². The molecular weight excluding hydrogens is 452 g/mol. The molecule has 34 heavy (non-hydrogen) atoms. The van der Waals surface area contributed by atoms with Crippen LogP contribution in [0.25, 0.3) is 0 Å². The van der Waals surface area contributed by atoms with Gasteiger partial charge in [0.05, 0.1) is 0 Å². The van der Waals surface area contributed by atoms with Gasteiger partial charge in [-0.25, -0.2) is 13.6 Å². The van der Waals surface area contributed by atoms with Crippen molar-refractivity contribution in [3.63, 3.8) is 0 Å². The zero-order valence-corrected chi connectivity index (χ0v) is 19.8. The summed E-state index contributed by atoms with van der Waals surface area (Å²) in [5.74, 6) is -4.07. The van der Waals surface area contributed by atoms with Gasteiger partial charge >= 0.3 is 6.09 Å². The molecule has 188 valence electrons. The molecule has 0 spiro atoms. The first-order valence-corrected chi connectivity index (χ1v) is 10.7. The average Bonchev–Trinajstić information content (AvgIpc) is 3.13. The Bertz CT molecular complexity index is 947. The fraction of sp³-hybridized carbons (Fsp3) is 0.545. The lowest BCUT2D eigenvalue weighted by Gasteiger charge is -2.36. The summed E-state index contributed by atoms with van der Waals surface area (Å²) >= 11 is 0. The topological polar surface area (TPSA) is 145 Å². The Hall–Kier alpha value is -3.28. The largest absolute Gasteiger partial charge is 0.465 e. The number of carboxylic acid groups (broad SMARTS) is 1. The van der Waals surface area contributed by atoms with Gasteiger partial charge in [-0.1, -0.05) is 26.8 Å². The molecule has 0 aromatic heterocycles. The van der Waals surface area contributed by atoms with Crippen LogP contribution in [0.4, 0.5) is 19.3 Å². The van der Waals surface area contributed by atoms with E-state index in [4.69, 9.17) is 10.8 Å². The van der Waals surface area contributed by atoms with E-state index in [-0.39, 0.29) is 13.0 Å². The third-order valence-corrected chi connectivity index (χ3v) is 5.79. The monoisotopic (exact) mass is 483 g/mol. The molecule has 4 atom stereocenters. The van der Waals surface area contributed by atoms with Crippen LogP contribution < -0.4 is 16.4 Å². The van der Waals surface area contributed by atoms with Gasteiger partial charge in [0.15, 0.2) is 0 Å². The Labute approximate surface area is 196 Å². The summed E-state index contributed by atoms with van der Waals surface area (Å²) in [5, 5.41) is 13.9. The summed E-state index contributed by atoms with van der Waals surface area (Å²) in [6.45, 7) is 6.45. The number of carbonyl (C=O) groups excluding carboxylic acids is 3. The fourth-order valence-corrected chi connectivity index (χ4v) is 3.60. The minimum absolute atomic E-state index is 0.0102. The van der Waals surface area contributed by atoms with Gasteiger partial charge < -0.3 is 26.4 Å². The maximum atomic E-state index is 14.0. The van der Waals surface area contributed by atoms with Crippen LogP contribution in [0.1, 0.15) is 34.1 Å². The van der Waals surface area contributed by atoms with Crippen molar-refractivity contribution in [2.45, 2.75) is 58.3 Å². The maximum absolute atomic E-state index is 14.0. The van der Waals surface area contributed by atoms with E-state index in [0.717, 1.165) is 23.1 Å². The van der Waals surface area contributed by atoms with Crippen LogP contribution >= 0.6 is 0 Å². The molecule has 5 N–H and O–H groups in total. The molecule has 0 saturated carbocycles. The van der Waals surface area contributed by atoms with Gasteiger partial charge in [0.25, 0.3) is 0 Å². The van der Waals surface area contributed by atoms with Crippen LogP contribution in [0.2, 0.25) is 0 Å². The zero-order valence-electron chi connectivity index (χ0n) is 19.8. The van der Waals surface area contributed by atoms with E-state index < -0.39 is 70.7 Å². The lowest BCUT2D eigenvalue weighted by Crippen LogP contribution is -2.59. The highest BCUT2D eigenvalue weighted by Gasteiger charge is 2.44. The number of halogens is 2. The van der Waals surface area contributed by atoms with Crippen molar-refractivity contribution in [3.8, 4) is 0 Å². The first kappa shape index (κ1) is 27.0. The van der Waals surface area contributed by atoms with Gasteiger partial charge in [-0.15, -0.1) is 0 Å². The maximum Gasteiger partial charge on any atom is 0.407 e. The van der Waals surface area contributed by atoms with Crippen molar-refractivity contribution in [2.24, 2.45) is 11.1 Å². The summed E-state index contributed by atoms with van der Waals surface area (Å²) in [6, 6.07) is -0.776. The number of para-hydroxylation sites is 1. The summed E-state index contributed by atoms with van der Waals surface area (Å²) in [7, 11) is 1.22. The van der Waals surface area contributed by atoms with E-state index in [1.807, 2.05) is 0 Å². The highest BCUT2D eigenvalue weighted by molar-refractivity contribution is 5.99. The minimum Gasteiger partial charge on any atom is -0.465 e. The first-order chi connectivity index (χ1) is 15.6. The Balaban J connectivity index is 2.28. The number of nitrogens with two attached hydrogens (primary N) is 1. The fourth-order valence-electron chi connectivity index (χ4n) is 3.60. The van der Waals surface area contributed by atoms with Crippen molar-refractivity contribution in [2.75, 3.05) is 18.9 Å². The normalized spacial score (nSPS) is 19.8. The number of anilines is 1. The van der Waals surface area contributed by atoms with Crippen LogP contribution in [0.15, 0.2) is 18.2 Å². The molecule has 1 aromatic carbocycles. The molecule has 2 rings (SSSR count). The molecule has 1 aromatic rings. The standard InChI is InChI=1S/C22H31F2N5O5/c1-11(28(5)21(33)34)18(30)27-17(22(2,3)4)20(32)29-10-12(25)9-15(29)19(31)26-16-13(23)7-6-8-14(16)24/h6-8,11-12,15,17H,9-10,25H2,1-5H3,(H,26,31)(H,27,30)(H,33,34)/t11?,12-,15-,17?/m0/s1. The van der Waals surface area contributed by atoms with E-state index in [0.29, 0.717) is 0 Å². The number of benzene rings is 1. The number of hydrogen-bond acceptors (Lipinski definition) is 5. The van der Waals surface area contributed by atoms with Crippen molar-refractivity contribution < 1.29 is 33.1 Å². The molecule has 1 heterocycles. The van der Waals surface area contributed by atoms with Gasteiger partial charge in [-0.05, 0) is 30.9 Å². The lowest BCUT2D eigenvalue weighted by atomic mass is 9.85. The van der Waals surface area contributed by atoms with E-state index in [9.17, 15) is 28.0 Å². The lowest BCUT2D eigenvalue weighted by molar-refractivity contribution is -0.143. The first-order valence-electron chi connectivity index (χ1n) is 10.7. The Kier molecular flexibility index (Phi) is 8.19. The average molecular weight is 484 g/mol. The molecule has 1 aliphatic heterocycles. The number of nitrogens with one attached hydrogen (secondary N) is 2. The second kappa shape index (κ2) is 10.3. The molecule has 1 fully saturated rings. The van der Waals surface area contributed by atoms with Crippen molar-refractivity contribution >= 4 is 29.5 Å². The van der Waals surface area contributed by atoms with Gasteiger partial charge in [0.2, 0.25) is 17.7 Å². The molecule has 2 unspecified atom stereocenters. The summed E-state index contributed by atoms with van der Waals surface area (Å²) in [5.41, 5.74) is 4.54. The highest BCUT2D eigenvalue weighted by atomic mass is 19.1. The van der Waals surface area contributed by atoms with Crippen LogP contribution in [-0.4, -0.2) is 76.5 Å². The second-order valence-electron chi connectivity index (χ2n) is 9.47. The molecule has 0 aliphatic carbocycles. The molecule has 0 radical (unpaired) electrons. The van der Waals surface area contributed by atoms with Crippen LogP contribution in [0, 0.1) is 17.0 Å². The number of nitrogens with zero attached hydrogens (tertiary/aromatic N) is 2. The van der Waals surface area contributed by atoms with Crippen LogP contribution in [0.5, 0.6) is 0 Å². The Morgan fingerprint density at radius 2 is 1.76 bits per heavy atom. The highest BCUT2D eigenvalue weighted by Crippen LogP contribution is 2.27. The summed E-state index contributed by atoms with van der Waals surface area (Å²) in [4.78, 5) is 52.2. The molecule has 0 bridgehead atoms. The van der Waals surface area contributed by atoms with Gasteiger partial charge in [0.1, 0.15) is 35.4 Å². The smallest absolute Gasteiger partial charge is 0.407 e. The van der Waals surface area contributed by atoms with Gasteiger partial charge in [-0.2, -0.15) is 0 Å². The summed E-state index contributed by atoms with van der Waals surface area (Å²) in [6.07, 6.45) is -1.26. The number of carbonyl (C=O) groups is 4. The summed E-state index contributed by atoms with van der Waals surface area (Å²) < 4.78 is 28.0. The Morgan fingerprint density at radius 1 is 1.21 bits per heavy atom. The number of likely N-dealkylation sites (tertiary alicyclic amines) is 1. The minimum atomic E-state index is -1.32. The molecule has 10 nitrogen and oxygen atoms in total. The number of hydrogen-bond donors (Lipinski definition) is 4. The molecule has 12 heteroatoms. The van der Waals surface area contributed by atoms with Crippen molar-refractivity contribution in [1.82, 2.24) is 15.1 Å². The van der Waals surface area contributed by atoms with Gasteiger partial charge in [-0.3, -0.25) is 19.3 Å². The van der Waals surface area contributed by atoms with Crippen LogP contribution in [0.3, 0.4) is 0 Å². The SMILES string of the molecule is CC(C(=O)NC(C(=O)N1C[C@@H](N)C[C@H]1C(=O)Nc1c(F)cccc1F)C(C)(C)C)N(C)C(=O)O. The van der Waals surface area contributed by atoms with E-state index in [1.54, 1.807) is 20.8 Å². The zero-order chi connectivity index (χ0) is 26.0. The van der Waals surface area contributed by atoms with E-state index in [2.05, 4.69) is 10.6 Å². The Morgan fingerprint density at radius 3 is 2.26 bits per heavy atom. The van der Waals surface area contributed by atoms with Crippen LogP contribution in [-0.2, 0) is 14.4 Å².